The number of aromatic nitrogens is 2. The molecule has 0 unspecified atom stereocenters. The van der Waals surface area contributed by atoms with Crippen molar-refractivity contribution in [2.24, 2.45) is 0 Å². The Hall–Kier alpha value is -1.79. The molecule has 0 radical (unpaired) electrons. The Kier molecular flexibility index (Phi) is 3.75. The number of rotatable bonds is 3. The molecule has 2 aromatic rings. The first kappa shape index (κ1) is 13.2. The van der Waals surface area contributed by atoms with Crippen LogP contribution in [0.3, 0.4) is 0 Å². The van der Waals surface area contributed by atoms with E-state index in [0.29, 0.717) is 18.3 Å². The van der Waals surface area contributed by atoms with Crippen LogP contribution < -0.4 is 5.32 Å². The third kappa shape index (κ3) is 2.86. The van der Waals surface area contributed by atoms with Gasteiger partial charge in [0.2, 0.25) is 0 Å². The molecule has 1 N–H and O–H groups in total. The minimum absolute atomic E-state index is 0.258. The Morgan fingerprint density at radius 2 is 2.15 bits per heavy atom. The van der Waals surface area contributed by atoms with Gasteiger partial charge in [-0.1, -0.05) is 5.16 Å². The Morgan fingerprint density at radius 3 is 2.90 bits per heavy atom. The lowest BCUT2D eigenvalue weighted by molar-refractivity contribution is 0.225. The molecule has 3 rings (SSSR count). The molecule has 1 aromatic carbocycles. The fraction of sp³-hybridized carbons (Fsp3) is 0.429. The number of nitrogens with zero attached hydrogens (tertiary/aromatic N) is 3. The minimum atomic E-state index is -0.258. The molecule has 1 aromatic heterocycles. The van der Waals surface area contributed by atoms with E-state index in [-0.39, 0.29) is 5.82 Å². The van der Waals surface area contributed by atoms with Gasteiger partial charge in [0, 0.05) is 31.7 Å². The van der Waals surface area contributed by atoms with E-state index in [1.54, 1.807) is 6.07 Å². The van der Waals surface area contributed by atoms with Gasteiger partial charge in [-0.2, -0.15) is 4.98 Å². The van der Waals surface area contributed by atoms with Crippen molar-refractivity contribution in [3.05, 3.63) is 35.4 Å². The molecule has 2 heterocycles. The van der Waals surface area contributed by atoms with Gasteiger partial charge in [-0.15, -0.1) is 0 Å². The molecule has 0 amide bonds. The second-order valence-electron chi connectivity index (χ2n) is 5.00. The van der Waals surface area contributed by atoms with Crippen molar-refractivity contribution in [1.82, 2.24) is 20.4 Å². The number of aryl methyl sites for hydroxylation is 1. The van der Waals surface area contributed by atoms with Gasteiger partial charge in [-0.05, 0) is 30.7 Å². The first-order valence-electron chi connectivity index (χ1n) is 6.74. The van der Waals surface area contributed by atoms with Crippen molar-refractivity contribution >= 4 is 0 Å². The quantitative estimate of drug-likeness (QED) is 0.922. The smallest absolute Gasteiger partial charge is 0.258 e. The van der Waals surface area contributed by atoms with E-state index in [1.165, 1.54) is 12.1 Å². The summed E-state index contributed by atoms with van der Waals surface area (Å²) in [6, 6.07) is 4.55. The van der Waals surface area contributed by atoms with E-state index >= 15 is 0 Å². The summed E-state index contributed by atoms with van der Waals surface area (Å²) in [5, 5.41) is 7.31. The van der Waals surface area contributed by atoms with Crippen LogP contribution in [0.25, 0.3) is 11.5 Å². The number of piperazine rings is 1. The summed E-state index contributed by atoms with van der Waals surface area (Å²) >= 11 is 0. The van der Waals surface area contributed by atoms with Crippen molar-refractivity contribution in [3.63, 3.8) is 0 Å². The van der Waals surface area contributed by atoms with Crippen LogP contribution in [-0.2, 0) is 6.54 Å². The van der Waals surface area contributed by atoms with Crippen LogP contribution in [0.5, 0.6) is 0 Å². The molecule has 0 atom stereocenters. The topological polar surface area (TPSA) is 54.2 Å². The van der Waals surface area contributed by atoms with Crippen LogP contribution in [0.1, 0.15) is 11.4 Å². The van der Waals surface area contributed by atoms with Crippen molar-refractivity contribution in [2.75, 3.05) is 26.2 Å². The predicted molar refractivity (Wildman–Crippen MR) is 72.6 cm³/mol. The molecule has 0 bridgehead atoms. The number of nitrogens with one attached hydrogen (secondary N) is 1. The van der Waals surface area contributed by atoms with Gasteiger partial charge in [-0.25, -0.2) is 4.39 Å². The van der Waals surface area contributed by atoms with Crippen LogP contribution in [0.4, 0.5) is 4.39 Å². The molecule has 1 aliphatic heterocycles. The second-order valence-corrected chi connectivity index (χ2v) is 5.00. The summed E-state index contributed by atoms with van der Waals surface area (Å²) in [6.07, 6.45) is 0. The normalized spacial score (nSPS) is 16.5. The van der Waals surface area contributed by atoms with E-state index < -0.39 is 0 Å². The monoisotopic (exact) mass is 276 g/mol. The molecule has 1 fully saturated rings. The van der Waals surface area contributed by atoms with Crippen molar-refractivity contribution in [1.29, 1.82) is 0 Å². The molecule has 0 aliphatic carbocycles. The number of hydrogen-bond acceptors (Lipinski definition) is 5. The van der Waals surface area contributed by atoms with E-state index in [9.17, 15) is 4.39 Å². The van der Waals surface area contributed by atoms with Gasteiger partial charge in [0.1, 0.15) is 5.82 Å². The van der Waals surface area contributed by atoms with Crippen LogP contribution in [0.2, 0.25) is 0 Å². The maximum absolute atomic E-state index is 13.1. The average molecular weight is 276 g/mol. The largest absolute Gasteiger partial charge is 0.334 e. The highest BCUT2D eigenvalue weighted by molar-refractivity contribution is 5.57. The Labute approximate surface area is 116 Å². The van der Waals surface area contributed by atoms with E-state index in [1.807, 2.05) is 6.92 Å². The number of benzene rings is 1. The van der Waals surface area contributed by atoms with Gasteiger partial charge in [0.25, 0.3) is 5.89 Å². The molecule has 0 saturated carbocycles. The predicted octanol–water partition coefficient (Wildman–Crippen LogP) is 1.59. The van der Waals surface area contributed by atoms with E-state index in [4.69, 9.17) is 4.52 Å². The zero-order chi connectivity index (χ0) is 13.9. The molecule has 5 nitrogen and oxygen atoms in total. The summed E-state index contributed by atoms with van der Waals surface area (Å²) < 4.78 is 18.4. The third-order valence-electron chi connectivity index (χ3n) is 3.46. The van der Waals surface area contributed by atoms with Gasteiger partial charge in [0.15, 0.2) is 5.82 Å². The molecular weight excluding hydrogens is 259 g/mol. The Morgan fingerprint density at radius 1 is 1.35 bits per heavy atom. The summed E-state index contributed by atoms with van der Waals surface area (Å²) in [6.45, 7) is 6.46. The van der Waals surface area contributed by atoms with E-state index in [2.05, 4.69) is 20.4 Å². The van der Waals surface area contributed by atoms with Crippen LogP contribution >= 0.6 is 0 Å². The van der Waals surface area contributed by atoms with Crippen molar-refractivity contribution in [2.45, 2.75) is 13.5 Å². The summed E-state index contributed by atoms with van der Waals surface area (Å²) in [5.74, 6) is 0.866. The third-order valence-corrected chi connectivity index (χ3v) is 3.46. The van der Waals surface area contributed by atoms with Gasteiger partial charge in [0.05, 0.1) is 6.54 Å². The van der Waals surface area contributed by atoms with Crippen LogP contribution in [-0.4, -0.2) is 41.2 Å². The summed E-state index contributed by atoms with van der Waals surface area (Å²) in [4.78, 5) is 6.68. The standard InChI is InChI=1S/C14H17FN4O/c1-10-8-11(15)2-3-12(10)14-17-13(18-20-14)9-19-6-4-16-5-7-19/h2-3,8,16H,4-7,9H2,1H3. The zero-order valence-corrected chi connectivity index (χ0v) is 11.4. The van der Waals surface area contributed by atoms with E-state index in [0.717, 1.165) is 37.3 Å². The van der Waals surface area contributed by atoms with Crippen molar-refractivity contribution < 1.29 is 8.91 Å². The number of halogens is 1. The number of hydrogen-bond donors (Lipinski definition) is 1. The fourth-order valence-electron chi connectivity index (χ4n) is 2.36. The molecule has 106 valence electrons. The highest BCUT2D eigenvalue weighted by atomic mass is 19.1. The van der Waals surface area contributed by atoms with Crippen LogP contribution in [0, 0.1) is 12.7 Å². The highest BCUT2D eigenvalue weighted by Crippen LogP contribution is 2.22. The van der Waals surface area contributed by atoms with Gasteiger partial charge >= 0.3 is 0 Å². The maximum Gasteiger partial charge on any atom is 0.258 e. The first-order chi connectivity index (χ1) is 9.72. The summed E-state index contributed by atoms with van der Waals surface area (Å²) in [7, 11) is 0. The molecular formula is C14H17FN4O. The molecule has 1 aliphatic rings. The zero-order valence-electron chi connectivity index (χ0n) is 11.4. The van der Waals surface area contributed by atoms with Crippen LogP contribution in [0.15, 0.2) is 22.7 Å². The fourth-order valence-corrected chi connectivity index (χ4v) is 2.36. The Balaban J connectivity index is 1.75. The Bertz CT molecular complexity index is 593. The average Bonchev–Trinajstić information content (AvgIpc) is 2.88. The highest BCUT2D eigenvalue weighted by Gasteiger charge is 2.15. The molecule has 20 heavy (non-hydrogen) atoms. The van der Waals surface area contributed by atoms with Gasteiger partial charge < -0.3 is 9.84 Å². The lowest BCUT2D eigenvalue weighted by atomic mass is 10.1. The minimum Gasteiger partial charge on any atom is -0.334 e. The maximum atomic E-state index is 13.1. The second kappa shape index (κ2) is 5.68. The lowest BCUT2D eigenvalue weighted by Gasteiger charge is -2.25. The molecule has 0 spiro atoms. The molecule has 1 saturated heterocycles. The SMILES string of the molecule is Cc1cc(F)ccc1-c1nc(CN2CCNCC2)no1. The first-order valence-corrected chi connectivity index (χ1v) is 6.74. The summed E-state index contributed by atoms with van der Waals surface area (Å²) in [5.41, 5.74) is 1.58. The van der Waals surface area contributed by atoms with Crippen molar-refractivity contribution in [3.8, 4) is 11.5 Å². The lowest BCUT2D eigenvalue weighted by Crippen LogP contribution is -2.43. The molecule has 6 heteroatoms. The van der Waals surface area contributed by atoms with Gasteiger partial charge in [-0.3, -0.25) is 4.90 Å².